The maximum absolute atomic E-state index is 13.8. The number of thiazole rings is 1. The highest BCUT2D eigenvalue weighted by atomic mass is 32.2. The fourth-order valence-electron chi connectivity index (χ4n) is 9.04. The Balaban J connectivity index is 1.14. The summed E-state index contributed by atoms with van der Waals surface area (Å²) < 4.78 is 1.78. The van der Waals surface area contributed by atoms with Crippen LogP contribution in [0.1, 0.15) is 84.1 Å². The number of thioether (sulfide) groups is 1. The molecule has 7 atom stereocenters. The predicted molar refractivity (Wildman–Crippen MR) is 171 cm³/mol. The Labute approximate surface area is 262 Å². The molecule has 2 N–H and O–H groups in total. The Morgan fingerprint density at radius 2 is 2.00 bits per heavy atom. The lowest BCUT2D eigenvalue weighted by atomic mass is 9.46. The van der Waals surface area contributed by atoms with Gasteiger partial charge in [-0.25, -0.2) is 4.98 Å². The second-order valence-electron chi connectivity index (χ2n) is 13.8. The summed E-state index contributed by atoms with van der Waals surface area (Å²) in [6.07, 6.45) is 12.1. The van der Waals surface area contributed by atoms with Crippen molar-refractivity contribution in [3.63, 3.8) is 0 Å². The van der Waals surface area contributed by atoms with Crippen LogP contribution in [0.15, 0.2) is 46.3 Å². The summed E-state index contributed by atoms with van der Waals surface area (Å²) >= 11 is 2.89. The Morgan fingerprint density at radius 3 is 2.79 bits per heavy atom. The van der Waals surface area contributed by atoms with Gasteiger partial charge in [0, 0.05) is 29.6 Å². The van der Waals surface area contributed by atoms with Crippen molar-refractivity contribution in [2.45, 2.75) is 101 Å². The van der Waals surface area contributed by atoms with E-state index in [1.807, 2.05) is 31.2 Å². The normalized spacial score (nSPS) is 34.9. The second kappa shape index (κ2) is 11.7. The lowest BCUT2D eigenvalue weighted by Gasteiger charge is -2.59. The third-order valence-electron chi connectivity index (χ3n) is 11.3. The molecule has 43 heavy (non-hydrogen) atoms. The number of fused-ring (bicyclic) bond motifs is 6. The molecule has 1 aromatic heterocycles. The lowest BCUT2D eigenvalue weighted by Crippen LogP contribution is -2.61. The monoisotopic (exact) mass is 621 g/mol. The van der Waals surface area contributed by atoms with Crippen molar-refractivity contribution in [1.29, 1.82) is 0 Å². The van der Waals surface area contributed by atoms with Crippen LogP contribution in [-0.4, -0.2) is 50.0 Å². The summed E-state index contributed by atoms with van der Waals surface area (Å²) in [5.41, 5.74) is 0.386. The molecule has 6 unspecified atom stereocenters. The van der Waals surface area contributed by atoms with Crippen LogP contribution in [0.25, 0.3) is 10.2 Å². The van der Waals surface area contributed by atoms with Crippen LogP contribution in [0.4, 0.5) is 0 Å². The highest BCUT2D eigenvalue weighted by Crippen LogP contribution is 2.67. The van der Waals surface area contributed by atoms with E-state index < -0.39 is 17.1 Å². The number of allylic oxidation sites excluding steroid dienone is 4. The Hall–Kier alpha value is -2.13. The van der Waals surface area contributed by atoms with Crippen molar-refractivity contribution >= 4 is 50.7 Å². The predicted octanol–water partition coefficient (Wildman–Crippen LogP) is 6.66. The third kappa shape index (κ3) is 5.30. The number of hydrogen-bond donors (Lipinski definition) is 2. The molecule has 6 rings (SSSR count). The number of rotatable bonds is 10. The van der Waals surface area contributed by atoms with Crippen molar-refractivity contribution in [2.75, 3.05) is 5.75 Å². The minimum absolute atomic E-state index is 0.0147. The van der Waals surface area contributed by atoms with E-state index in [9.17, 15) is 24.6 Å². The number of carbonyl (C=O) groups is 3. The maximum atomic E-state index is 13.8. The molecule has 0 aliphatic heterocycles. The number of ketones is 3. The highest BCUT2D eigenvalue weighted by Gasteiger charge is 2.68. The summed E-state index contributed by atoms with van der Waals surface area (Å²) in [7, 11) is 0. The SMILES string of the molecule is CCCCCC(=O)Cc1ccc2nc(SCC(=O)[C@@]3(O)CCC4C5CCC6=CC(=O)C=CC6(C)C5C(O)CC43C)sc2c1. The van der Waals surface area contributed by atoms with E-state index in [4.69, 9.17) is 4.98 Å². The van der Waals surface area contributed by atoms with Crippen molar-refractivity contribution in [2.24, 2.45) is 28.6 Å². The first-order chi connectivity index (χ1) is 20.5. The molecular formula is C35H43NO5S2. The van der Waals surface area contributed by atoms with E-state index in [1.165, 1.54) is 23.1 Å². The number of aliphatic hydroxyl groups excluding tert-OH is 1. The van der Waals surface area contributed by atoms with Crippen molar-refractivity contribution in [3.8, 4) is 0 Å². The summed E-state index contributed by atoms with van der Waals surface area (Å²) in [5.74, 6) is 0.507. The molecule has 8 heteroatoms. The Morgan fingerprint density at radius 1 is 1.19 bits per heavy atom. The smallest absolute Gasteiger partial charge is 0.178 e. The molecule has 0 spiro atoms. The van der Waals surface area contributed by atoms with Gasteiger partial charge in [0.25, 0.3) is 0 Å². The van der Waals surface area contributed by atoms with Gasteiger partial charge < -0.3 is 10.2 Å². The molecule has 3 saturated carbocycles. The molecule has 4 aliphatic rings. The molecule has 1 aromatic carbocycles. The molecule has 3 fully saturated rings. The van der Waals surface area contributed by atoms with E-state index in [1.54, 1.807) is 12.2 Å². The van der Waals surface area contributed by atoms with Gasteiger partial charge in [0.15, 0.2) is 15.9 Å². The number of aromatic nitrogens is 1. The van der Waals surface area contributed by atoms with E-state index in [2.05, 4.69) is 13.8 Å². The zero-order valence-electron chi connectivity index (χ0n) is 25.4. The average Bonchev–Trinajstić information content (AvgIpc) is 3.49. The number of benzene rings is 1. The lowest BCUT2D eigenvalue weighted by molar-refractivity contribution is -0.174. The molecule has 4 aliphatic carbocycles. The van der Waals surface area contributed by atoms with Gasteiger partial charge in [-0.1, -0.05) is 63.1 Å². The van der Waals surface area contributed by atoms with Gasteiger partial charge >= 0.3 is 0 Å². The van der Waals surface area contributed by atoms with Crippen LogP contribution >= 0.6 is 23.1 Å². The van der Waals surface area contributed by atoms with Gasteiger partial charge in [-0.2, -0.15) is 0 Å². The average molecular weight is 622 g/mol. The largest absolute Gasteiger partial charge is 0.393 e. The van der Waals surface area contributed by atoms with Crippen molar-refractivity contribution in [1.82, 2.24) is 4.98 Å². The molecule has 0 radical (unpaired) electrons. The van der Waals surface area contributed by atoms with Gasteiger partial charge in [-0.3, -0.25) is 14.4 Å². The second-order valence-corrected chi connectivity index (χ2v) is 16.0. The van der Waals surface area contributed by atoms with Crippen LogP contribution in [0, 0.1) is 28.6 Å². The minimum atomic E-state index is -1.49. The zero-order chi connectivity index (χ0) is 30.6. The van der Waals surface area contributed by atoms with Gasteiger partial charge in [0.05, 0.1) is 22.1 Å². The molecule has 6 nitrogen and oxygen atoms in total. The summed E-state index contributed by atoms with van der Waals surface area (Å²) in [4.78, 5) is 43.0. The van der Waals surface area contributed by atoms with Crippen LogP contribution in [0.2, 0.25) is 0 Å². The van der Waals surface area contributed by atoms with E-state index in [-0.39, 0.29) is 46.3 Å². The fraction of sp³-hybridized carbons (Fsp3) is 0.600. The standard InChI is InChI=1S/C35H43NO5S2/c1-4-5-6-7-23(37)16-21-8-11-27-29(17-21)43-32(36-27)42-20-30(40)35(41)15-13-26-25-10-9-22-18-24(38)12-14-33(22,2)31(25)28(39)19-34(26,35)3/h8,11-12,14,17-18,25-26,28,31,39,41H,4-7,9-10,13,15-16,19-20H2,1-3H3/t25?,26?,28?,31?,33?,34?,35-/m0/s1. The highest BCUT2D eigenvalue weighted by molar-refractivity contribution is 8.01. The van der Waals surface area contributed by atoms with Crippen molar-refractivity contribution in [3.05, 3.63) is 47.6 Å². The summed E-state index contributed by atoms with van der Waals surface area (Å²) in [5, 5.41) is 23.7. The molecule has 0 saturated heterocycles. The van der Waals surface area contributed by atoms with E-state index in [0.717, 1.165) is 64.2 Å². The molecule has 0 bridgehead atoms. The third-order valence-corrected chi connectivity index (χ3v) is 13.5. The van der Waals surface area contributed by atoms with Gasteiger partial charge in [-0.15, -0.1) is 11.3 Å². The van der Waals surface area contributed by atoms with Crippen molar-refractivity contribution < 1.29 is 24.6 Å². The number of Topliss-reactive ketones (excluding diaryl/α,β-unsaturated/α-hetero) is 2. The molecule has 1 heterocycles. The number of hydrogen-bond acceptors (Lipinski definition) is 8. The zero-order valence-corrected chi connectivity index (χ0v) is 27.1. The van der Waals surface area contributed by atoms with E-state index >= 15 is 0 Å². The Kier molecular flexibility index (Phi) is 8.37. The maximum Gasteiger partial charge on any atom is 0.178 e. The van der Waals surface area contributed by atoms with Gasteiger partial charge in [0.1, 0.15) is 11.4 Å². The summed E-state index contributed by atoms with van der Waals surface area (Å²) in [6.45, 7) is 6.29. The minimum Gasteiger partial charge on any atom is -0.393 e. The Bertz CT molecular complexity index is 1510. The quantitative estimate of drug-likeness (QED) is 0.226. The first kappa shape index (κ1) is 30.9. The molecule has 230 valence electrons. The topological polar surface area (TPSA) is 105 Å². The summed E-state index contributed by atoms with van der Waals surface area (Å²) in [6, 6.07) is 5.95. The van der Waals surface area contributed by atoms with E-state index in [0.29, 0.717) is 25.7 Å². The fourth-order valence-corrected chi connectivity index (χ4v) is 11.1. The number of unbranched alkanes of at least 4 members (excludes halogenated alkanes) is 2. The first-order valence-corrected chi connectivity index (χ1v) is 17.7. The molecule has 2 aromatic rings. The van der Waals surface area contributed by atoms with Crippen LogP contribution in [0.5, 0.6) is 0 Å². The van der Waals surface area contributed by atoms with Gasteiger partial charge in [-0.05, 0) is 80.2 Å². The molecular weight excluding hydrogens is 579 g/mol. The number of carbonyl (C=O) groups excluding carboxylic acids is 3. The number of aliphatic hydroxyl groups is 2. The first-order valence-electron chi connectivity index (χ1n) is 15.9. The number of nitrogens with zero attached hydrogens (tertiary/aromatic N) is 1. The van der Waals surface area contributed by atoms with Gasteiger partial charge in [0.2, 0.25) is 0 Å². The molecule has 0 amide bonds. The van der Waals surface area contributed by atoms with Crippen LogP contribution < -0.4 is 0 Å². The van der Waals surface area contributed by atoms with Crippen LogP contribution in [0.3, 0.4) is 0 Å². The van der Waals surface area contributed by atoms with Crippen LogP contribution in [-0.2, 0) is 20.8 Å².